The highest BCUT2D eigenvalue weighted by Crippen LogP contribution is 2.32. The summed E-state index contributed by atoms with van der Waals surface area (Å²) in [5.74, 6) is -0.411. The molecule has 0 aliphatic heterocycles. The molecule has 14 heavy (non-hydrogen) atoms. The van der Waals surface area contributed by atoms with Crippen LogP contribution in [0.5, 0.6) is 0 Å². The van der Waals surface area contributed by atoms with Gasteiger partial charge in [0.2, 0.25) is 0 Å². The molecule has 0 aliphatic rings. The third kappa shape index (κ3) is 1.35. The lowest BCUT2D eigenvalue weighted by Crippen LogP contribution is -1.88. The molecule has 0 bridgehead atoms. The predicted molar refractivity (Wildman–Crippen MR) is 56.5 cm³/mol. The number of pyridine rings is 1. The number of hydrogen-bond acceptors (Lipinski definition) is 1. The maximum absolute atomic E-state index is 13.3. The lowest BCUT2D eigenvalue weighted by molar-refractivity contribution is 0.637. The molecule has 4 heteroatoms. The Morgan fingerprint density at radius 2 is 2.00 bits per heavy atom. The van der Waals surface area contributed by atoms with E-state index < -0.39 is 5.82 Å². The molecule has 0 radical (unpaired) electrons. The first-order valence-corrected chi connectivity index (χ1v) is 4.75. The van der Waals surface area contributed by atoms with E-state index in [1.165, 1.54) is 18.3 Å². The van der Waals surface area contributed by atoms with Gasteiger partial charge >= 0.3 is 0 Å². The van der Waals surface area contributed by atoms with Crippen LogP contribution in [0, 0.1) is 12.7 Å². The van der Waals surface area contributed by atoms with Crippen LogP contribution in [0.15, 0.2) is 18.3 Å². The zero-order valence-corrected chi connectivity index (χ0v) is 8.83. The highest BCUT2D eigenvalue weighted by molar-refractivity contribution is 6.42. The van der Waals surface area contributed by atoms with E-state index in [0.717, 1.165) is 5.56 Å². The number of nitrogens with zero attached hydrogens (tertiary/aromatic N) is 1. The van der Waals surface area contributed by atoms with Gasteiger partial charge in [-0.05, 0) is 24.6 Å². The van der Waals surface area contributed by atoms with Crippen LogP contribution in [0.25, 0.3) is 10.9 Å². The van der Waals surface area contributed by atoms with Gasteiger partial charge in [-0.25, -0.2) is 4.39 Å². The van der Waals surface area contributed by atoms with Crippen molar-refractivity contribution >= 4 is 34.1 Å². The summed E-state index contributed by atoms with van der Waals surface area (Å²) in [6, 6.07) is 2.76. The molecule has 72 valence electrons. The second-order valence-corrected chi connectivity index (χ2v) is 3.79. The van der Waals surface area contributed by atoms with Crippen molar-refractivity contribution < 1.29 is 4.39 Å². The third-order valence-corrected chi connectivity index (χ3v) is 2.83. The minimum Gasteiger partial charge on any atom is -0.253 e. The van der Waals surface area contributed by atoms with E-state index in [-0.39, 0.29) is 5.52 Å². The summed E-state index contributed by atoms with van der Waals surface area (Å²) in [4.78, 5) is 3.96. The lowest BCUT2D eigenvalue weighted by atomic mass is 10.1. The Hall–Kier alpha value is -0.860. The van der Waals surface area contributed by atoms with Crippen LogP contribution >= 0.6 is 23.2 Å². The number of aromatic nitrogens is 1. The molecule has 0 aliphatic carbocycles. The quantitative estimate of drug-likeness (QED) is 0.666. The van der Waals surface area contributed by atoms with Crippen LogP contribution in [-0.2, 0) is 0 Å². The van der Waals surface area contributed by atoms with Gasteiger partial charge in [0.15, 0.2) is 0 Å². The fourth-order valence-electron chi connectivity index (χ4n) is 1.29. The summed E-state index contributed by atoms with van der Waals surface area (Å²) in [7, 11) is 0. The first kappa shape index (κ1) is 9.69. The molecule has 0 fully saturated rings. The minimum atomic E-state index is -0.411. The van der Waals surface area contributed by atoms with E-state index in [4.69, 9.17) is 23.2 Å². The smallest absolute Gasteiger partial charge is 0.149 e. The largest absolute Gasteiger partial charge is 0.253 e. The molecule has 1 nitrogen and oxygen atoms in total. The SMILES string of the molecule is Cc1cnc2c(F)ccc(Cl)c2c1Cl. The summed E-state index contributed by atoms with van der Waals surface area (Å²) in [5, 5.41) is 1.36. The average molecular weight is 230 g/mol. The summed E-state index contributed by atoms with van der Waals surface area (Å²) in [6.45, 7) is 1.80. The molecule has 1 heterocycles. The normalized spacial score (nSPS) is 10.9. The zero-order chi connectivity index (χ0) is 10.3. The molecular weight excluding hydrogens is 224 g/mol. The summed E-state index contributed by atoms with van der Waals surface area (Å²) in [5.41, 5.74) is 1.000. The zero-order valence-electron chi connectivity index (χ0n) is 7.31. The molecule has 0 spiro atoms. The number of benzene rings is 1. The minimum absolute atomic E-state index is 0.216. The van der Waals surface area contributed by atoms with Gasteiger partial charge < -0.3 is 0 Å². The van der Waals surface area contributed by atoms with Gasteiger partial charge in [-0.3, -0.25) is 4.98 Å². The Labute approximate surface area is 90.5 Å². The van der Waals surface area contributed by atoms with Crippen LogP contribution in [0.1, 0.15) is 5.56 Å². The number of halogens is 3. The van der Waals surface area contributed by atoms with Crippen molar-refractivity contribution in [3.05, 3.63) is 39.8 Å². The standard InChI is InChI=1S/C10H6Cl2FN/c1-5-4-14-10-7(13)3-2-6(11)8(10)9(5)12/h2-4H,1H3. The summed E-state index contributed by atoms with van der Waals surface area (Å²) < 4.78 is 13.3. The molecule has 1 aromatic carbocycles. The molecular formula is C10H6Cl2FN. The predicted octanol–water partition coefficient (Wildman–Crippen LogP) is 3.99. The maximum atomic E-state index is 13.3. The molecule has 0 saturated carbocycles. The Bertz CT molecular complexity index is 511. The Kier molecular flexibility index (Phi) is 2.33. The Morgan fingerprint density at radius 3 is 2.71 bits per heavy atom. The highest BCUT2D eigenvalue weighted by Gasteiger charge is 2.10. The van der Waals surface area contributed by atoms with Crippen molar-refractivity contribution in [3.8, 4) is 0 Å². The summed E-state index contributed by atoms with van der Waals surface area (Å²) in [6.07, 6.45) is 1.53. The van der Waals surface area contributed by atoms with Crippen molar-refractivity contribution in [1.29, 1.82) is 0 Å². The maximum Gasteiger partial charge on any atom is 0.149 e. The van der Waals surface area contributed by atoms with E-state index >= 15 is 0 Å². The second kappa shape index (κ2) is 3.37. The topological polar surface area (TPSA) is 12.9 Å². The first-order valence-electron chi connectivity index (χ1n) is 4.00. The van der Waals surface area contributed by atoms with Crippen molar-refractivity contribution in [2.75, 3.05) is 0 Å². The molecule has 0 amide bonds. The fraction of sp³-hybridized carbons (Fsp3) is 0.100. The average Bonchev–Trinajstić information content (AvgIpc) is 2.16. The number of rotatable bonds is 0. The van der Waals surface area contributed by atoms with Gasteiger partial charge in [-0.15, -0.1) is 0 Å². The molecule has 0 unspecified atom stereocenters. The van der Waals surface area contributed by atoms with E-state index in [0.29, 0.717) is 15.4 Å². The molecule has 2 aromatic rings. The van der Waals surface area contributed by atoms with Gasteiger partial charge in [0.25, 0.3) is 0 Å². The van der Waals surface area contributed by atoms with Crippen LogP contribution in [0.4, 0.5) is 4.39 Å². The molecule has 0 atom stereocenters. The van der Waals surface area contributed by atoms with Crippen molar-refractivity contribution in [2.45, 2.75) is 6.92 Å². The van der Waals surface area contributed by atoms with Gasteiger partial charge in [-0.1, -0.05) is 23.2 Å². The molecule has 2 rings (SSSR count). The number of aryl methyl sites for hydroxylation is 1. The molecule has 0 N–H and O–H groups in total. The van der Waals surface area contributed by atoms with Gasteiger partial charge in [0, 0.05) is 11.6 Å². The first-order chi connectivity index (χ1) is 6.61. The van der Waals surface area contributed by atoms with Crippen LogP contribution in [0.2, 0.25) is 10.0 Å². The van der Waals surface area contributed by atoms with Gasteiger partial charge in [-0.2, -0.15) is 0 Å². The monoisotopic (exact) mass is 229 g/mol. The van der Waals surface area contributed by atoms with E-state index in [2.05, 4.69) is 4.98 Å². The lowest BCUT2D eigenvalue weighted by Gasteiger charge is -2.05. The second-order valence-electron chi connectivity index (χ2n) is 3.01. The van der Waals surface area contributed by atoms with Gasteiger partial charge in [0.1, 0.15) is 11.3 Å². The van der Waals surface area contributed by atoms with Crippen molar-refractivity contribution in [3.63, 3.8) is 0 Å². The number of hydrogen-bond donors (Lipinski definition) is 0. The molecule has 1 aromatic heterocycles. The van der Waals surface area contributed by atoms with Crippen molar-refractivity contribution in [2.24, 2.45) is 0 Å². The van der Waals surface area contributed by atoms with Crippen LogP contribution < -0.4 is 0 Å². The Morgan fingerprint density at radius 1 is 1.29 bits per heavy atom. The highest BCUT2D eigenvalue weighted by atomic mass is 35.5. The van der Waals surface area contributed by atoms with Crippen LogP contribution in [-0.4, -0.2) is 4.98 Å². The van der Waals surface area contributed by atoms with E-state index in [9.17, 15) is 4.39 Å². The van der Waals surface area contributed by atoms with Crippen LogP contribution in [0.3, 0.4) is 0 Å². The summed E-state index contributed by atoms with van der Waals surface area (Å²) >= 11 is 11.9. The Balaban J connectivity index is 3.01. The molecule has 0 saturated heterocycles. The fourth-order valence-corrected chi connectivity index (χ4v) is 1.83. The third-order valence-electron chi connectivity index (χ3n) is 2.03. The van der Waals surface area contributed by atoms with E-state index in [1.54, 1.807) is 6.92 Å². The van der Waals surface area contributed by atoms with Crippen molar-refractivity contribution in [1.82, 2.24) is 4.98 Å². The van der Waals surface area contributed by atoms with E-state index in [1.807, 2.05) is 0 Å². The van der Waals surface area contributed by atoms with Gasteiger partial charge in [0.05, 0.1) is 10.0 Å². The number of fused-ring (bicyclic) bond motifs is 1.